The third-order valence-corrected chi connectivity index (χ3v) is 3.61. The van der Waals surface area contributed by atoms with E-state index in [0.29, 0.717) is 0 Å². The van der Waals surface area contributed by atoms with Gasteiger partial charge in [0.2, 0.25) is 0 Å². The normalized spacial score (nSPS) is 12.8. The van der Waals surface area contributed by atoms with Gasteiger partial charge in [0.05, 0.1) is 11.0 Å². The van der Waals surface area contributed by atoms with Crippen LogP contribution in [0.5, 0.6) is 5.75 Å². The van der Waals surface area contributed by atoms with Gasteiger partial charge in [-0.3, -0.25) is 4.79 Å². The lowest BCUT2D eigenvalue weighted by Gasteiger charge is -2.12. The summed E-state index contributed by atoms with van der Waals surface area (Å²) < 4.78 is 32.1. The number of pyridine rings is 1. The molecule has 0 spiro atoms. The summed E-state index contributed by atoms with van der Waals surface area (Å²) in [7, 11) is 0. The van der Waals surface area contributed by atoms with E-state index in [9.17, 15) is 9.90 Å². The van der Waals surface area contributed by atoms with Gasteiger partial charge >= 0.3 is 0 Å². The molecule has 120 valence electrons. The Labute approximate surface area is 154 Å². The fourth-order valence-corrected chi connectivity index (χ4v) is 2.32. The summed E-state index contributed by atoms with van der Waals surface area (Å²) in [6, 6.07) is 5.31. The quantitative estimate of drug-likeness (QED) is 0.508. The number of carbonyl (C=O) groups is 1. The van der Waals surface area contributed by atoms with E-state index in [1.807, 2.05) is 0 Å². The highest BCUT2D eigenvalue weighted by Crippen LogP contribution is 2.32. The van der Waals surface area contributed by atoms with Crippen molar-refractivity contribution in [2.45, 2.75) is 0 Å². The van der Waals surface area contributed by atoms with Gasteiger partial charge < -0.3 is 10.4 Å². The maximum absolute atomic E-state index is 12.6. The molecule has 0 saturated heterocycles. The lowest BCUT2D eigenvalue weighted by atomic mass is 10.0. The number of aromatic hydroxyl groups is 1. The monoisotopic (exact) mass is 362 g/mol. The largest absolute Gasteiger partial charge is 0.508 e. The van der Waals surface area contributed by atoms with Crippen molar-refractivity contribution in [2.24, 2.45) is 0 Å². The van der Waals surface area contributed by atoms with Gasteiger partial charge in [0, 0.05) is 22.5 Å². The molecule has 0 bridgehead atoms. The predicted octanol–water partition coefficient (Wildman–Crippen LogP) is 5.01. The lowest BCUT2D eigenvalue weighted by molar-refractivity contribution is 0.102. The van der Waals surface area contributed by atoms with Crippen LogP contribution in [0, 0.1) is 0 Å². The molecule has 3 rings (SSSR count). The second-order valence-electron chi connectivity index (χ2n) is 4.71. The van der Waals surface area contributed by atoms with Crippen LogP contribution in [0.3, 0.4) is 0 Å². The molecule has 0 aliphatic carbocycles. The van der Waals surface area contributed by atoms with Gasteiger partial charge in [-0.05, 0) is 48.0 Å². The van der Waals surface area contributed by atoms with Gasteiger partial charge in [-0.2, -0.15) is 0 Å². The molecule has 24 heavy (non-hydrogen) atoms. The molecule has 1 amide bonds. The number of halogens is 2. The fourth-order valence-electron chi connectivity index (χ4n) is 2.03. The average Bonchev–Trinajstić information content (AvgIpc) is 2.67. The van der Waals surface area contributed by atoms with E-state index in [4.69, 9.17) is 28.7 Å². The number of benzene rings is 2. The molecule has 0 aliphatic rings. The van der Waals surface area contributed by atoms with Crippen LogP contribution < -0.4 is 5.32 Å². The van der Waals surface area contributed by atoms with Crippen LogP contribution in [-0.4, -0.2) is 16.0 Å². The summed E-state index contributed by atoms with van der Waals surface area (Å²) in [6.45, 7) is 0. The Morgan fingerprint density at radius 1 is 1.17 bits per heavy atom. The van der Waals surface area contributed by atoms with E-state index in [-0.39, 0.29) is 38.3 Å². The van der Waals surface area contributed by atoms with E-state index in [0.717, 1.165) is 0 Å². The van der Waals surface area contributed by atoms with Crippen LogP contribution in [0.4, 0.5) is 5.69 Å². The molecule has 0 fully saturated rings. The van der Waals surface area contributed by atoms with Crippen molar-refractivity contribution in [2.75, 3.05) is 5.32 Å². The zero-order valence-electron chi connectivity index (χ0n) is 16.0. The summed E-state index contributed by atoms with van der Waals surface area (Å²) >= 11 is 11.8. The van der Waals surface area contributed by atoms with Gasteiger partial charge in [0.25, 0.3) is 5.91 Å². The molecule has 6 heteroatoms. The van der Waals surface area contributed by atoms with Gasteiger partial charge in [-0.15, -0.1) is 0 Å². The number of phenols is 1. The smallest absolute Gasteiger partial charge is 0.258 e. The molecule has 2 aromatic carbocycles. The minimum atomic E-state index is -0.589. The Hall–Kier alpha value is -2.56. The molecule has 0 atom stereocenters. The Morgan fingerprint density at radius 2 is 1.92 bits per heavy atom. The molecule has 3 aromatic rings. The lowest BCUT2D eigenvalue weighted by Crippen LogP contribution is -2.13. The summed E-state index contributed by atoms with van der Waals surface area (Å²) in [5.74, 6) is -0.770. The zero-order valence-corrected chi connectivity index (χ0v) is 13.5. The molecule has 2 N–H and O–H groups in total. The number of amides is 1. The highest BCUT2D eigenvalue weighted by Gasteiger charge is 2.14. The molecule has 0 unspecified atom stereocenters. The summed E-state index contributed by atoms with van der Waals surface area (Å²) in [5.41, 5.74) is 0.259. The van der Waals surface area contributed by atoms with Crippen LogP contribution in [0.2, 0.25) is 10.2 Å². The number of nitrogens with zero attached hydrogens (tertiary/aromatic N) is 1. The first-order chi connectivity index (χ1) is 13.2. The maximum Gasteiger partial charge on any atom is 0.258 e. The molecule has 4 nitrogen and oxygen atoms in total. The number of nitrogens with one attached hydrogen (secondary N) is 1. The van der Waals surface area contributed by atoms with Crippen LogP contribution in [0.1, 0.15) is 15.8 Å². The Balaban J connectivity index is 2.16. The second kappa shape index (κ2) is 6.91. The Kier molecular flexibility index (Phi) is 3.42. The van der Waals surface area contributed by atoms with E-state index in [1.165, 1.54) is 30.5 Å². The molecule has 0 radical (unpaired) electrons. The maximum atomic E-state index is 12.6. The third kappa shape index (κ3) is 3.50. The number of aromatic nitrogens is 1. The standard InChI is InChI=1S/C18H12Cl2N2O2/c19-12-5-3-11(4-6-12)15-10-13(23)7-8-16(15)22-18(24)14-2-1-9-21-17(14)20/h1-10,23H,(H,22,24)/i3D,4D,5D,6D. The zero-order chi connectivity index (χ0) is 20.6. The topological polar surface area (TPSA) is 62.2 Å². The Bertz CT molecular complexity index is 1080. The minimum absolute atomic E-state index is 0.00364. The van der Waals surface area contributed by atoms with Crippen molar-refractivity contribution < 1.29 is 15.4 Å². The number of rotatable bonds is 3. The van der Waals surface area contributed by atoms with E-state index in [1.54, 1.807) is 6.07 Å². The number of hydrogen-bond donors (Lipinski definition) is 2. The highest BCUT2D eigenvalue weighted by molar-refractivity contribution is 6.33. The van der Waals surface area contributed by atoms with E-state index in [2.05, 4.69) is 10.3 Å². The first kappa shape index (κ1) is 11.9. The average molecular weight is 363 g/mol. The summed E-state index contributed by atoms with van der Waals surface area (Å²) in [4.78, 5) is 16.4. The molecule has 1 aromatic heterocycles. The summed E-state index contributed by atoms with van der Waals surface area (Å²) in [6.07, 6.45) is 1.43. The molecule has 0 aliphatic heterocycles. The van der Waals surface area contributed by atoms with E-state index < -0.39 is 30.1 Å². The first-order valence-corrected chi connectivity index (χ1v) is 7.49. The van der Waals surface area contributed by atoms with Crippen molar-refractivity contribution in [3.8, 4) is 16.9 Å². The fraction of sp³-hybridized carbons (Fsp3) is 0. The highest BCUT2D eigenvalue weighted by atomic mass is 35.5. The van der Waals surface area contributed by atoms with Crippen molar-refractivity contribution in [3.63, 3.8) is 0 Å². The first-order valence-electron chi connectivity index (χ1n) is 8.73. The molecule has 1 heterocycles. The van der Waals surface area contributed by atoms with Crippen molar-refractivity contribution in [1.82, 2.24) is 4.98 Å². The van der Waals surface area contributed by atoms with Gasteiger partial charge in [-0.25, -0.2) is 4.98 Å². The van der Waals surface area contributed by atoms with Crippen LogP contribution >= 0.6 is 23.2 Å². The number of phenolic OH excluding ortho intramolecular Hbond substituents is 1. The summed E-state index contributed by atoms with van der Waals surface area (Å²) in [5, 5.41) is 12.2. The minimum Gasteiger partial charge on any atom is -0.508 e. The van der Waals surface area contributed by atoms with Gasteiger partial charge in [0.1, 0.15) is 10.9 Å². The van der Waals surface area contributed by atoms with Crippen LogP contribution in [0.25, 0.3) is 11.1 Å². The van der Waals surface area contributed by atoms with Crippen molar-refractivity contribution in [1.29, 1.82) is 0 Å². The SMILES string of the molecule is [2H]c1c([2H])c(-c2cc(O)ccc2NC(=O)c2cccnc2Cl)c([2H])c([2H])c1Cl. The van der Waals surface area contributed by atoms with Gasteiger partial charge in [0.15, 0.2) is 0 Å². The van der Waals surface area contributed by atoms with Crippen LogP contribution in [0.15, 0.2) is 60.7 Å². The Morgan fingerprint density at radius 3 is 2.62 bits per heavy atom. The van der Waals surface area contributed by atoms with Crippen molar-refractivity contribution >= 4 is 34.8 Å². The molecular weight excluding hydrogens is 347 g/mol. The predicted molar refractivity (Wildman–Crippen MR) is 95.8 cm³/mol. The number of hydrogen-bond acceptors (Lipinski definition) is 3. The van der Waals surface area contributed by atoms with Gasteiger partial charge in [-0.1, -0.05) is 35.3 Å². The molecular formula is C18H12Cl2N2O2. The molecule has 0 saturated carbocycles. The van der Waals surface area contributed by atoms with Crippen molar-refractivity contribution in [3.05, 3.63) is 76.4 Å². The number of anilines is 1. The van der Waals surface area contributed by atoms with E-state index >= 15 is 0 Å². The number of carbonyl (C=O) groups excluding carboxylic acids is 1. The second-order valence-corrected chi connectivity index (χ2v) is 5.45. The van der Waals surface area contributed by atoms with Crippen LogP contribution in [-0.2, 0) is 0 Å². The third-order valence-electron chi connectivity index (χ3n) is 3.12.